The van der Waals surface area contributed by atoms with Crippen LogP contribution in [0.25, 0.3) is 0 Å². The predicted molar refractivity (Wildman–Crippen MR) is 80.6 cm³/mol. The van der Waals surface area contributed by atoms with Gasteiger partial charge in [0, 0.05) is 24.0 Å². The smallest absolute Gasteiger partial charge is 0.315 e. The van der Waals surface area contributed by atoms with Gasteiger partial charge in [-0.2, -0.15) is 11.8 Å². The minimum Gasteiger partial charge on any atom is -0.356 e. The van der Waals surface area contributed by atoms with Crippen LogP contribution in [0.4, 0.5) is 4.79 Å². The third-order valence-corrected chi connectivity index (χ3v) is 5.29. The monoisotopic (exact) mass is 300 g/mol. The number of thioether (sulfide) groups is 1. The molecule has 0 saturated carbocycles. The van der Waals surface area contributed by atoms with Crippen LogP contribution in [-0.4, -0.2) is 48.1 Å². The number of carbonyl (C=O) groups excluding carboxylic acids is 2. The van der Waals surface area contributed by atoms with E-state index in [9.17, 15) is 9.59 Å². The molecule has 7 heteroatoms. The molecule has 2 saturated heterocycles. The van der Waals surface area contributed by atoms with Gasteiger partial charge in [0.25, 0.3) is 0 Å². The minimum absolute atomic E-state index is 0.0374. The Morgan fingerprint density at radius 3 is 3.00 bits per heavy atom. The fraction of sp³-hybridized carbons (Fsp3) is 0.846. The van der Waals surface area contributed by atoms with Gasteiger partial charge >= 0.3 is 6.03 Å². The molecule has 5 N–H and O–H groups in total. The van der Waals surface area contributed by atoms with Crippen LogP contribution in [0.1, 0.15) is 32.1 Å². The summed E-state index contributed by atoms with van der Waals surface area (Å²) in [5, 5.41) is 9.27. The van der Waals surface area contributed by atoms with Crippen molar-refractivity contribution in [1.29, 1.82) is 0 Å². The number of unbranched alkanes of at least 4 members (excludes halogenated alkanes) is 1. The second kappa shape index (κ2) is 7.73. The Balaban J connectivity index is 1.55. The molecule has 0 radical (unpaired) electrons. The third-order valence-electron chi connectivity index (χ3n) is 3.78. The standard InChI is InChI=1S/C13H24N4O2S/c14-6-3-7-15-11(18)5-2-1-4-10-12-9(8-20-10)16-13(19)17-12/h9-10,12H,1-8,14H2,(H,15,18)(H2,16,17,19)/t9-,10-,12-/m1/s1. The van der Waals surface area contributed by atoms with Crippen molar-refractivity contribution in [2.75, 3.05) is 18.8 Å². The molecule has 2 aliphatic rings. The largest absolute Gasteiger partial charge is 0.356 e. The van der Waals surface area contributed by atoms with Crippen molar-refractivity contribution in [3.8, 4) is 0 Å². The van der Waals surface area contributed by atoms with Gasteiger partial charge < -0.3 is 21.7 Å². The van der Waals surface area contributed by atoms with Crippen molar-refractivity contribution in [2.45, 2.75) is 49.4 Å². The molecule has 114 valence electrons. The number of hydrogen-bond donors (Lipinski definition) is 4. The van der Waals surface area contributed by atoms with E-state index in [0.29, 0.717) is 24.8 Å². The highest BCUT2D eigenvalue weighted by molar-refractivity contribution is 8.00. The van der Waals surface area contributed by atoms with E-state index in [4.69, 9.17) is 5.73 Å². The summed E-state index contributed by atoms with van der Waals surface area (Å²) in [6.45, 7) is 1.29. The van der Waals surface area contributed by atoms with Gasteiger partial charge in [-0.15, -0.1) is 0 Å². The molecule has 0 spiro atoms. The SMILES string of the molecule is NCCCNC(=O)CCCC[C@H]1SC[C@H]2NC(=O)N[C@H]21. The summed E-state index contributed by atoms with van der Waals surface area (Å²) in [6, 6.07) is 0.521. The van der Waals surface area contributed by atoms with Crippen LogP contribution in [0.15, 0.2) is 0 Å². The number of urea groups is 1. The molecule has 0 unspecified atom stereocenters. The zero-order chi connectivity index (χ0) is 14.4. The molecule has 0 aromatic rings. The first-order valence-electron chi connectivity index (χ1n) is 7.36. The second-order valence-electron chi connectivity index (χ2n) is 5.36. The van der Waals surface area contributed by atoms with Crippen molar-refractivity contribution < 1.29 is 9.59 Å². The van der Waals surface area contributed by atoms with Gasteiger partial charge in [0.2, 0.25) is 5.91 Å². The zero-order valence-electron chi connectivity index (χ0n) is 11.7. The molecule has 2 rings (SSSR count). The first kappa shape index (κ1) is 15.4. The predicted octanol–water partition coefficient (Wildman–Crippen LogP) is 0.177. The fourth-order valence-corrected chi connectivity index (χ4v) is 4.24. The summed E-state index contributed by atoms with van der Waals surface area (Å²) in [6.07, 6.45) is 4.41. The number of nitrogens with two attached hydrogens (primary N) is 1. The number of fused-ring (bicyclic) bond motifs is 1. The molecular formula is C13H24N4O2S. The maximum absolute atomic E-state index is 11.5. The van der Waals surface area contributed by atoms with Crippen LogP contribution in [0.2, 0.25) is 0 Å². The van der Waals surface area contributed by atoms with E-state index in [1.807, 2.05) is 11.8 Å². The summed E-state index contributed by atoms with van der Waals surface area (Å²) in [5.74, 6) is 1.11. The summed E-state index contributed by atoms with van der Waals surface area (Å²) in [4.78, 5) is 22.8. The molecule has 6 nitrogen and oxygen atoms in total. The van der Waals surface area contributed by atoms with Crippen molar-refractivity contribution in [1.82, 2.24) is 16.0 Å². The van der Waals surface area contributed by atoms with Crippen molar-refractivity contribution in [3.05, 3.63) is 0 Å². The lowest BCUT2D eigenvalue weighted by atomic mass is 10.0. The second-order valence-corrected chi connectivity index (χ2v) is 6.63. The molecule has 2 heterocycles. The number of rotatable bonds is 8. The highest BCUT2D eigenvalue weighted by atomic mass is 32.2. The van der Waals surface area contributed by atoms with Crippen LogP contribution in [-0.2, 0) is 4.79 Å². The zero-order valence-corrected chi connectivity index (χ0v) is 12.5. The minimum atomic E-state index is -0.0374. The van der Waals surface area contributed by atoms with Crippen molar-refractivity contribution >= 4 is 23.7 Å². The Morgan fingerprint density at radius 2 is 2.20 bits per heavy atom. The third kappa shape index (κ3) is 4.28. The molecular weight excluding hydrogens is 276 g/mol. The molecule has 0 bridgehead atoms. The lowest BCUT2D eigenvalue weighted by Crippen LogP contribution is -2.36. The Bertz CT molecular complexity index is 353. The van der Waals surface area contributed by atoms with Crippen LogP contribution >= 0.6 is 11.8 Å². The normalized spacial score (nSPS) is 27.9. The first-order chi connectivity index (χ1) is 9.70. The topological polar surface area (TPSA) is 96.2 Å². The molecule has 3 amide bonds. The van der Waals surface area contributed by atoms with Gasteiger partial charge in [0.15, 0.2) is 0 Å². The average molecular weight is 300 g/mol. The van der Waals surface area contributed by atoms with E-state index in [-0.39, 0.29) is 24.0 Å². The van der Waals surface area contributed by atoms with E-state index in [1.165, 1.54) is 0 Å². The van der Waals surface area contributed by atoms with Crippen LogP contribution in [0, 0.1) is 0 Å². The Morgan fingerprint density at radius 1 is 1.35 bits per heavy atom. The average Bonchev–Trinajstić information content (AvgIpc) is 2.95. The molecule has 0 aromatic heterocycles. The molecule has 0 aliphatic carbocycles. The van der Waals surface area contributed by atoms with Crippen molar-refractivity contribution in [2.24, 2.45) is 5.73 Å². The van der Waals surface area contributed by atoms with Gasteiger partial charge in [0.05, 0.1) is 12.1 Å². The molecule has 2 aliphatic heterocycles. The van der Waals surface area contributed by atoms with Gasteiger partial charge in [-0.3, -0.25) is 4.79 Å². The van der Waals surface area contributed by atoms with Crippen LogP contribution in [0.5, 0.6) is 0 Å². The summed E-state index contributed by atoms with van der Waals surface area (Å²) in [7, 11) is 0. The van der Waals surface area contributed by atoms with E-state index >= 15 is 0 Å². The summed E-state index contributed by atoms with van der Waals surface area (Å²) >= 11 is 1.92. The highest BCUT2D eigenvalue weighted by Gasteiger charge is 2.42. The number of carbonyl (C=O) groups is 2. The molecule has 20 heavy (non-hydrogen) atoms. The van der Waals surface area contributed by atoms with Crippen LogP contribution < -0.4 is 21.7 Å². The van der Waals surface area contributed by atoms with E-state index < -0.39 is 0 Å². The fourth-order valence-electron chi connectivity index (χ4n) is 2.69. The Kier molecular flexibility index (Phi) is 5.97. The van der Waals surface area contributed by atoms with Gasteiger partial charge in [0.1, 0.15) is 0 Å². The first-order valence-corrected chi connectivity index (χ1v) is 8.41. The van der Waals surface area contributed by atoms with E-state index in [1.54, 1.807) is 0 Å². The highest BCUT2D eigenvalue weighted by Crippen LogP contribution is 2.33. The number of nitrogens with one attached hydrogen (secondary N) is 3. The van der Waals surface area contributed by atoms with E-state index in [0.717, 1.165) is 31.4 Å². The van der Waals surface area contributed by atoms with Gasteiger partial charge in [-0.05, 0) is 25.8 Å². The number of hydrogen-bond acceptors (Lipinski definition) is 4. The number of amides is 3. The maximum atomic E-state index is 11.5. The molecule has 2 fully saturated rings. The van der Waals surface area contributed by atoms with Crippen molar-refractivity contribution in [3.63, 3.8) is 0 Å². The quantitative estimate of drug-likeness (QED) is 0.380. The molecule has 3 atom stereocenters. The lowest BCUT2D eigenvalue weighted by Gasteiger charge is -2.16. The van der Waals surface area contributed by atoms with Gasteiger partial charge in [-0.1, -0.05) is 6.42 Å². The van der Waals surface area contributed by atoms with Gasteiger partial charge in [-0.25, -0.2) is 4.79 Å². The lowest BCUT2D eigenvalue weighted by molar-refractivity contribution is -0.121. The summed E-state index contributed by atoms with van der Waals surface area (Å²) < 4.78 is 0. The summed E-state index contributed by atoms with van der Waals surface area (Å²) in [5.41, 5.74) is 5.37. The van der Waals surface area contributed by atoms with E-state index in [2.05, 4.69) is 16.0 Å². The maximum Gasteiger partial charge on any atom is 0.315 e. The van der Waals surface area contributed by atoms with Crippen LogP contribution in [0.3, 0.4) is 0 Å². The Labute approximate surface area is 124 Å². The Hall–Kier alpha value is -0.950. The molecule has 0 aromatic carbocycles.